The molecule has 0 radical (unpaired) electrons. The maximum Gasteiger partial charge on any atom is 0.338 e. The number of ether oxygens (including phenoxy) is 1. The Balaban J connectivity index is 4.51. The average Bonchev–Trinajstić information content (AvgIpc) is 2.52. The monoisotopic (exact) mass is 344 g/mol. The molecule has 0 aliphatic heterocycles. The summed E-state index contributed by atoms with van der Waals surface area (Å²) in [4.78, 5) is 11.4. The minimum absolute atomic E-state index is 0.313. The van der Waals surface area contributed by atoms with Crippen molar-refractivity contribution in [1.82, 2.24) is 0 Å². The number of rotatable bonds is 15. The van der Waals surface area contributed by atoms with E-state index >= 15 is 0 Å². The van der Waals surface area contributed by atoms with Crippen LogP contribution in [0, 0.1) is 0 Å². The summed E-state index contributed by atoms with van der Waals surface area (Å²) >= 11 is 0. The minimum Gasteiger partial charge on any atom is -0.462 e. The van der Waals surface area contributed by atoms with E-state index in [2.05, 4.69) is 27.4 Å². The first-order valence-electron chi connectivity index (χ1n) is 9.11. The van der Waals surface area contributed by atoms with Crippen molar-refractivity contribution >= 4 is 14.5 Å². The lowest BCUT2D eigenvalue weighted by Gasteiger charge is -2.31. The summed E-state index contributed by atoms with van der Waals surface area (Å²) in [6.07, 6.45) is 6.25. The molecule has 0 unspecified atom stereocenters. The van der Waals surface area contributed by atoms with Gasteiger partial charge in [-0.25, -0.2) is 4.79 Å². The molecule has 0 N–H and O–H groups in total. The van der Waals surface area contributed by atoms with E-state index in [0.29, 0.717) is 12.2 Å². The van der Waals surface area contributed by atoms with Gasteiger partial charge in [-0.05, 0) is 38.3 Å². The molecule has 0 rings (SSSR count). The van der Waals surface area contributed by atoms with Gasteiger partial charge in [0.05, 0.1) is 6.61 Å². The summed E-state index contributed by atoms with van der Waals surface area (Å²) in [5.74, 6) is -0.313. The maximum absolute atomic E-state index is 11.4. The molecule has 0 fully saturated rings. The Morgan fingerprint density at radius 2 is 1.43 bits per heavy atom. The zero-order valence-corrected chi connectivity index (χ0v) is 16.6. The van der Waals surface area contributed by atoms with Gasteiger partial charge in [0.25, 0.3) is 0 Å². The van der Waals surface area contributed by atoms with Crippen LogP contribution in [0.4, 0.5) is 0 Å². The first-order valence-corrected chi connectivity index (χ1v) is 11.3. The Hall–Kier alpha value is -0.653. The summed E-state index contributed by atoms with van der Waals surface area (Å²) < 4.78 is 17.7. The van der Waals surface area contributed by atoms with E-state index in [4.69, 9.17) is 13.6 Å². The second kappa shape index (κ2) is 13.8. The Morgan fingerprint density at radius 1 is 0.870 bits per heavy atom. The number of carbonyl (C=O) groups excluding carboxylic acids is 1. The van der Waals surface area contributed by atoms with Crippen molar-refractivity contribution in [1.29, 1.82) is 0 Å². The van der Waals surface area contributed by atoms with Crippen LogP contribution < -0.4 is 0 Å². The van der Waals surface area contributed by atoms with Crippen LogP contribution in [-0.2, 0) is 18.4 Å². The van der Waals surface area contributed by atoms with Gasteiger partial charge in [-0.3, -0.25) is 0 Å². The van der Waals surface area contributed by atoms with Gasteiger partial charge in [0.2, 0.25) is 0 Å². The zero-order valence-electron chi connectivity index (χ0n) is 15.6. The third-order valence-electron chi connectivity index (χ3n) is 3.64. The fraction of sp³-hybridized carbons (Fsp3) is 0.833. The van der Waals surface area contributed by atoms with Crippen LogP contribution in [0.3, 0.4) is 0 Å². The predicted octanol–water partition coefficient (Wildman–Crippen LogP) is 4.98. The van der Waals surface area contributed by atoms with E-state index in [1.54, 1.807) is 6.92 Å². The van der Waals surface area contributed by atoms with Crippen LogP contribution in [0.5, 0.6) is 0 Å². The minimum atomic E-state index is -2.18. The fourth-order valence-corrected chi connectivity index (χ4v) is 5.66. The Morgan fingerprint density at radius 3 is 1.87 bits per heavy atom. The third kappa shape index (κ3) is 10.7. The van der Waals surface area contributed by atoms with Crippen LogP contribution >= 0.6 is 0 Å². The molecule has 0 spiro atoms. The lowest BCUT2D eigenvalue weighted by molar-refractivity contribution is -0.138. The normalized spacial score (nSPS) is 11.5. The molecule has 0 aliphatic carbocycles. The maximum atomic E-state index is 11.4. The predicted molar refractivity (Wildman–Crippen MR) is 97.8 cm³/mol. The molecule has 0 atom stereocenters. The van der Waals surface area contributed by atoms with Gasteiger partial charge in [0, 0.05) is 18.8 Å². The summed E-state index contributed by atoms with van der Waals surface area (Å²) in [6, 6.07) is 1.90. The number of esters is 1. The van der Waals surface area contributed by atoms with Crippen molar-refractivity contribution in [2.45, 2.75) is 78.3 Å². The molecule has 0 aromatic rings. The molecular formula is C18H36O4Si. The summed E-state index contributed by atoms with van der Waals surface area (Å²) in [5, 5.41) is 0. The Kier molecular flexibility index (Phi) is 13.4. The third-order valence-corrected chi connectivity index (χ3v) is 7.48. The standard InChI is InChI=1S/C18H36O4Si/c1-6-9-13-21-23(15-8-3,22-14-10-7-2)16-11-12-20-18(19)17(4)5/h4,6-16H2,1-3,5H3. The largest absolute Gasteiger partial charge is 0.462 e. The van der Waals surface area contributed by atoms with Crippen molar-refractivity contribution in [2.24, 2.45) is 0 Å². The molecule has 0 amide bonds. The average molecular weight is 345 g/mol. The molecule has 0 heterocycles. The number of hydrogen-bond donors (Lipinski definition) is 0. The van der Waals surface area contributed by atoms with E-state index < -0.39 is 8.56 Å². The quantitative estimate of drug-likeness (QED) is 0.182. The highest BCUT2D eigenvalue weighted by Gasteiger charge is 2.36. The topological polar surface area (TPSA) is 44.8 Å². The second-order valence-corrected chi connectivity index (χ2v) is 9.48. The SMILES string of the molecule is C=C(C)C(=O)OCCC[Si](CCC)(OCCCC)OCCCC. The van der Waals surface area contributed by atoms with Gasteiger partial charge < -0.3 is 13.6 Å². The molecule has 0 aromatic carbocycles. The molecule has 0 saturated carbocycles. The summed E-state index contributed by atoms with van der Waals surface area (Å²) in [5.41, 5.74) is 0.445. The van der Waals surface area contributed by atoms with Gasteiger partial charge >= 0.3 is 14.5 Å². The van der Waals surface area contributed by atoms with E-state index in [1.165, 1.54) is 0 Å². The number of hydrogen-bond acceptors (Lipinski definition) is 4. The fourth-order valence-electron chi connectivity index (χ4n) is 2.27. The van der Waals surface area contributed by atoms with Crippen LogP contribution in [0.1, 0.15) is 66.2 Å². The molecule has 136 valence electrons. The number of carbonyl (C=O) groups is 1. The first-order chi connectivity index (χ1) is 11.0. The van der Waals surface area contributed by atoms with Crippen molar-refractivity contribution in [3.8, 4) is 0 Å². The van der Waals surface area contributed by atoms with Crippen molar-refractivity contribution < 1.29 is 18.4 Å². The van der Waals surface area contributed by atoms with Gasteiger partial charge in [-0.15, -0.1) is 0 Å². The van der Waals surface area contributed by atoms with Crippen molar-refractivity contribution in [2.75, 3.05) is 19.8 Å². The van der Waals surface area contributed by atoms with Gasteiger partial charge in [-0.2, -0.15) is 0 Å². The van der Waals surface area contributed by atoms with E-state index in [1.807, 2.05) is 0 Å². The first kappa shape index (κ1) is 22.3. The van der Waals surface area contributed by atoms with Crippen LogP contribution in [0.25, 0.3) is 0 Å². The van der Waals surface area contributed by atoms with Crippen molar-refractivity contribution in [3.05, 3.63) is 12.2 Å². The van der Waals surface area contributed by atoms with E-state index in [-0.39, 0.29) is 5.97 Å². The highest BCUT2D eigenvalue weighted by atomic mass is 28.4. The second-order valence-electron chi connectivity index (χ2n) is 6.08. The van der Waals surface area contributed by atoms with Gasteiger partial charge in [0.15, 0.2) is 0 Å². The Bertz CT molecular complexity index is 321. The number of unbranched alkanes of at least 4 members (excludes halogenated alkanes) is 2. The highest BCUT2D eigenvalue weighted by molar-refractivity contribution is 6.67. The van der Waals surface area contributed by atoms with Gasteiger partial charge in [-0.1, -0.05) is 46.6 Å². The molecular weight excluding hydrogens is 308 g/mol. The van der Waals surface area contributed by atoms with Crippen LogP contribution in [0.15, 0.2) is 12.2 Å². The molecule has 4 nitrogen and oxygen atoms in total. The molecule has 0 saturated heterocycles. The molecule has 0 aromatic heterocycles. The van der Waals surface area contributed by atoms with Gasteiger partial charge in [0.1, 0.15) is 0 Å². The lowest BCUT2D eigenvalue weighted by atomic mass is 10.4. The van der Waals surface area contributed by atoms with Crippen LogP contribution in [0.2, 0.25) is 12.1 Å². The van der Waals surface area contributed by atoms with E-state index in [0.717, 1.165) is 63.8 Å². The molecule has 0 bridgehead atoms. The highest BCUT2D eigenvalue weighted by Crippen LogP contribution is 2.24. The zero-order chi connectivity index (χ0) is 17.6. The van der Waals surface area contributed by atoms with Crippen molar-refractivity contribution in [3.63, 3.8) is 0 Å². The molecule has 5 heteroatoms. The lowest BCUT2D eigenvalue weighted by Crippen LogP contribution is -2.43. The summed E-state index contributed by atoms with van der Waals surface area (Å²) in [6.45, 7) is 13.7. The van der Waals surface area contributed by atoms with Crippen LogP contribution in [-0.4, -0.2) is 34.4 Å². The molecule has 23 heavy (non-hydrogen) atoms. The molecule has 0 aliphatic rings. The Labute approximate surface area is 143 Å². The summed E-state index contributed by atoms with van der Waals surface area (Å²) in [7, 11) is -2.18. The van der Waals surface area contributed by atoms with E-state index in [9.17, 15) is 4.79 Å². The smallest absolute Gasteiger partial charge is 0.338 e.